The van der Waals surface area contributed by atoms with Crippen LogP contribution in [-0.4, -0.2) is 23.2 Å². The highest BCUT2D eigenvalue weighted by Crippen LogP contribution is 2.21. The molecule has 0 amide bonds. The van der Waals surface area contributed by atoms with Crippen molar-refractivity contribution in [2.24, 2.45) is 5.73 Å². The predicted octanol–water partition coefficient (Wildman–Crippen LogP) is 2.07. The number of nitrogens with two attached hydrogens (primary N) is 1. The van der Waals surface area contributed by atoms with Gasteiger partial charge in [0, 0.05) is 17.8 Å². The van der Waals surface area contributed by atoms with Gasteiger partial charge in [-0.3, -0.25) is 0 Å². The van der Waals surface area contributed by atoms with E-state index in [2.05, 4.69) is 5.32 Å². The molecule has 1 aromatic rings. The monoisotopic (exact) mass is 234 g/mol. The SMILES string of the molecule is NC1CCCC(Nc2cccc(C(=O)O)c2)C1. The lowest BCUT2D eigenvalue weighted by molar-refractivity contribution is 0.0697. The molecule has 0 heterocycles. The van der Waals surface area contributed by atoms with Gasteiger partial charge in [0.1, 0.15) is 0 Å². The van der Waals surface area contributed by atoms with Crippen molar-refractivity contribution in [3.05, 3.63) is 29.8 Å². The first-order chi connectivity index (χ1) is 8.15. The topological polar surface area (TPSA) is 75.3 Å². The van der Waals surface area contributed by atoms with Crippen molar-refractivity contribution in [1.29, 1.82) is 0 Å². The second kappa shape index (κ2) is 5.19. The number of anilines is 1. The second-order valence-corrected chi connectivity index (χ2v) is 4.65. The van der Waals surface area contributed by atoms with Crippen LogP contribution in [0.2, 0.25) is 0 Å². The summed E-state index contributed by atoms with van der Waals surface area (Å²) in [6.07, 6.45) is 4.28. The zero-order valence-electron chi connectivity index (χ0n) is 9.73. The summed E-state index contributed by atoms with van der Waals surface area (Å²) in [5.74, 6) is -0.894. The lowest BCUT2D eigenvalue weighted by atomic mass is 9.91. The Morgan fingerprint density at radius 2 is 2.24 bits per heavy atom. The zero-order chi connectivity index (χ0) is 12.3. The molecule has 17 heavy (non-hydrogen) atoms. The fraction of sp³-hybridized carbons (Fsp3) is 0.462. The first-order valence-electron chi connectivity index (χ1n) is 6.00. The van der Waals surface area contributed by atoms with E-state index in [1.165, 1.54) is 0 Å². The van der Waals surface area contributed by atoms with Gasteiger partial charge in [0.15, 0.2) is 0 Å². The third-order valence-corrected chi connectivity index (χ3v) is 3.20. The van der Waals surface area contributed by atoms with Gasteiger partial charge in [-0.1, -0.05) is 6.07 Å². The maximum atomic E-state index is 10.8. The molecule has 0 radical (unpaired) electrons. The summed E-state index contributed by atoms with van der Waals surface area (Å²) in [4.78, 5) is 10.8. The van der Waals surface area contributed by atoms with Gasteiger partial charge in [0.2, 0.25) is 0 Å². The van der Waals surface area contributed by atoms with Crippen molar-refractivity contribution in [2.75, 3.05) is 5.32 Å². The van der Waals surface area contributed by atoms with Gasteiger partial charge in [0.05, 0.1) is 5.56 Å². The van der Waals surface area contributed by atoms with Crippen molar-refractivity contribution in [3.8, 4) is 0 Å². The van der Waals surface area contributed by atoms with E-state index in [4.69, 9.17) is 10.8 Å². The van der Waals surface area contributed by atoms with Gasteiger partial charge in [0.25, 0.3) is 0 Å². The fourth-order valence-corrected chi connectivity index (χ4v) is 2.34. The van der Waals surface area contributed by atoms with E-state index in [1.54, 1.807) is 18.2 Å². The molecule has 0 aromatic heterocycles. The number of carboxylic acid groups (broad SMARTS) is 1. The molecule has 0 bridgehead atoms. The van der Waals surface area contributed by atoms with Crippen LogP contribution in [0.3, 0.4) is 0 Å². The summed E-state index contributed by atoms with van der Waals surface area (Å²) >= 11 is 0. The number of benzene rings is 1. The van der Waals surface area contributed by atoms with Crippen LogP contribution in [0.5, 0.6) is 0 Å². The van der Waals surface area contributed by atoms with Crippen LogP contribution in [0.1, 0.15) is 36.0 Å². The lowest BCUT2D eigenvalue weighted by Crippen LogP contribution is -2.34. The Kier molecular flexibility index (Phi) is 3.64. The zero-order valence-corrected chi connectivity index (χ0v) is 9.73. The van der Waals surface area contributed by atoms with E-state index in [0.717, 1.165) is 31.4 Å². The Morgan fingerprint density at radius 3 is 2.94 bits per heavy atom. The molecule has 2 unspecified atom stereocenters. The summed E-state index contributed by atoms with van der Waals surface area (Å²) in [6.45, 7) is 0. The fourth-order valence-electron chi connectivity index (χ4n) is 2.34. The summed E-state index contributed by atoms with van der Waals surface area (Å²) in [5.41, 5.74) is 7.10. The smallest absolute Gasteiger partial charge is 0.335 e. The van der Waals surface area contributed by atoms with Crippen molar-refractivity contribution < 1.29 is 9.90 Å². The average molecular weight is 234 g/mol. The molecule has 2 atom stereocenters. The first-order valence-corrected chi connectivity index (χ1v) is 6.00. The van der Waals surface area contributed by atoms with E-state index in [1.807, 2.05) is 6.07 Å². The minimum absolute atomic E-state index is 0.268. The van der Waals surface area contributed by atoms with E-state index >= 15 is 0 Å². The molecular weight excluding hydrogens is 216 g/mol. The molecule has 1 fully saturated rings. The minimum atomic E-state index is -0.894. The van der Waals surface area contributed by atoms with E-state index in [0.29, 0.717) is 11.6 Å². The molecule has 4 heteroatoms. The van der Waals surface area contributed by atoms with Crippen LogP contribution < -0.4 is 11.1 Å². The molecule has 0 spiro atoms. The number of hydrogen-bond donors (Lipinski definition) is 3. The normalized spacial score (nSPS) is 24.3. The van der Waals surface area contributed by atoms with Crippen LogP contribution >= 0.6 is 0 Å². The molecule has 1 saturated carbocycles. The van der Waals surface area contributed by atoms with E-state index in [9.17, 15) is 4.79 Å². The van der Waals surface area contributed by atoms with Crippen molar-refractivity contribution in [3.63, 3.8) is 0 Å². The Bertz CT molecular complexity index is 406. The second-order valence-electron chi connectivity index (χ2n) is 4.65. The molecule has 2 rings (SSSR count). The van der Waals surface area contributed by atoms with Gasteiger partial charge in [-0.25, -0.2) is 4.79 Å². The van der Waals surface area contributed by atoms with Crippen LogP contribution in [0, 0.1) is 0 Å². The van der Waals surface area contributed by atoms with E-state index < -0.39 is 5.97 Å². The van der Waals surface area contributed by atoms with Gasteiger partial charge in [-0.2, -0.15) is 0 Å². The minimum Gasteiger partial charge on any atom is -0.478 e. The number of carbonyl (C=O) groups is 1. The number of hydrogen-bond acceptors (Lipinski definition) is 3. The average Bonchev–Trinajstić information content (AvgIpc) is 2.29. The molecule has 0 aliphatic heterocycles. The maximum absolute atomic E-state index is 10.8. The Balaban J connectivity index is 2.02. The Labute approximate surface area is 101 Å². The molecule has 1 aliphatic rings. The highest BCUT2D eigenvalue weighted by atomic mass is 16.4. The maximum Gasteiger partial charge on any atom is 0.335 e. The largest absolute Gasteiger partial charge is 0.478 e. The molecule has 92 valence electrons. The molecular formula is C13H18N2O2. The van der Waals surface area contributed by atoms with Crippen molar-refractivity contribution in [2.45, 2.75) is 37.8 Å². The lowest BCUT2D eigenvalue weighted by Gasteiger charge is -2.28. The number of nitrogens with one attached hydrogen (secondary N) is 1. The van der Waals surface area contributed by atoms with Gasteiger partial charge in [-0.15, -0.1) is 0 Å². The Hall–Kier alpha value is -1.55. The Morgan fingerprint density at radius 1 is 1.41 bits per heavy atom. The third kappa shape index (κ3) is 3.20. The standard InChI is InChI=1S/C13H18N2O2/c14-10-4-2-6-12(8-10)15-11-5-1-3-9(7-11)13(16)17/h1,3,5,7,10,12,15H,2,4,6,8,14H2,(H,16,17). The van der Waals surface area contributed by atoms with E-state index in [-0.39, 0.29) is 6.04 Å². The number of carboxylic acids is 1. The number of rotatable bonds is 3. The number of aromatic carboxylic acids is 1. The van der Waals surface area contributed by atoms with Crippen LogP contribution in [0.25, 0.3) is 0 Å². The van der Waals surface area contributed by atoms with Gasteiger partial charge >= 0.3 is 5.97 Å². The molecule has 0 saturated heterocycles. The highest BCUT2D eigenvalue weighted by molar-refractivity contribution is 5.88. The summed E-state index contributed by atoms with van der Waals surface area (Å²) in [5, 5.41) is 12.3. The third-order valence-electron chi connectivity index (χ3n) is 3.20. The highest BCUT2D eigenvalue weighted by Gasteiger charge is 2.18. The molecule has 4 N–H and O–H groups in total. The molecule has 1 aliphatic carbocycles. The van der Waals surface area contributed by atoms with Crippen LogP contribution in [0.4, 0.5) is 5.69 Å². The van der Waals surface area contributed by atoms with Gasteiger partial charge < -0.3 is 16.2 Å². The summed E-state index contributed by atoms with van der Waals surface area (Å²) in [7, 11) is 0. The molecule has 4 nitrogen and oxygen atoms in total. The summed E-state index contributed by atoms with van der Waals surface area (Å²) < 4.78 is 0. The summed E-state index contributed by atoms with van der Waals surface area (Å²) in [6, 6.07) is 7.55. The van der Waals surface area contributed by atoms with Gasteiger partial charge in [-0.05, 0) is 43.9 Å². The molecule has 1 aromatic carbocycles. The van der Waals surface area contributed by atoms with Crippen molar-refractivity contribution >= 4 is 11.7 Å². The quantitative estimate of drug-likeness (QED) is 0.748. The first kappa shape index (κ1) is 11.9. The van der Waals surface area contributed by atoms with Crippen LogP contribution in [-0.2, 0) is 0 Å². The van der Waals surface area contributed by atoms with Crippen LogP contribution in [0.15, 0.2) is 24.3 Å². The van der Waals surface area contributed by atoms with Crippen molar-refractivity contribution in [1.82, 2.24) is 0 Å². The predicted molar refractivity (Wildman–Crippen MR) is 67.3 cm³/mol.